The van der Waals surface area contributed by atoms with Crippen molar-refractivity contribution in [1.82, 2.24) is 20.2 Å². The summed E-state index contributed by atoms with van der Waals surface area (Å²) < 4.78 is 0. The summed E-state index contributed by atoms with van der Waals surface area (Å²) in [5, 5.41) is 3.46. The maximum Gasteiger partial charge on any atom is 0.225 e. The molecule has 1 aromatic rings. The third-order valence-electron chi connectivity index (χ3n) is 4.63. The molecule has 0 bridgehead atoms. The van der Waals surface area contributed by atoms with Gasteiger partial charge in [-0.1, -0.05) is 6.92 Å². The van der Waals surface area contributed by atoms with Crippen LogP contribution in [0, 0.1) is 0 Å². The van der Waals surface area contributed by atoms with Crippen molar-refractivity contribution >= 4 is 11.9 Å². The van der Waals surface area contributed by atoms with Crippen LogP contribution in [0.5, 0.6) is 0 Å². The second-order valence-corrected chi connectivity index (χ2v) is 6.56. The average molecular weight is 317 g/mol. The number of carbonyl (C=O) groups excluding carboxylic acids is 1. The molecule has 2 aliphatic heterocycles. The van der Waals surface area contributed by atoms with E-state index in [1.54, 1.807) is 0 Å². The van der Waals surface area contributed by atoms with Gasteiger partial charge in [0.05, 0.1) is 0 Å². The third-order valence-corrected chi connectivity index (χ3v) is 4.63. The van der Waals surface area contributed by atoms with Gasteiger partial charge in [0.15, 0.2) is 0 Å². The number of hydrogen-bond acceptors (Lipinski definition) is 5. The van der Waals surface area contributed by atoms with Crippen molar-refractivity contribution in [2.45, 2.75) is 51.6 Å². The Labute approximate surface area is 138 Å². The van der Waals surface area contributed by atoms with E-state index in [0.717, 1.165) is 50.7 Å². The van der Waals surface area contributed by atoms with Crippen molar-refractivity contribution in [3.8, 4) is 0 Å². The highest BCUT2D eigenvalue weighted by Gasteiger charge is 2.28. The van der Waals surface area contributed by atoms with Gasteiger partial charge in [-0.3, -0.25) is 4.79 Å². The Balaban J connectivity index is 1.48. The van der Waals surface area contributed by atoms with Crippen LogP contribution in [0.1, 0.15) is 44.6 Å². The van der Waals surface area contributed by atoms with Crippen LogP contribution in [-0.2, 0) is 11.3 Å². The lowest BCUT2D eigenvalue weighted by Gasteiger charge is -2.26. The molecule has 1 N–H and O–H groups in total. The molecule has 1 aromatic heterocycles. The number of nitrogens with one attached hydrogen (secondary N) is 1. The van der Waals surface area contributed by atoms with Crippen LogP contribution in [0.3, 0.4) is 0 Å². The van der Waals surface area contributed by atoms with Gasteiger partial charge in [0, 0.05) is 63.1 Å². The first-order valence-electron chi connectivity index (χ1n) is 8.83. The fourth-order valence-electron chi connectivity index (χ4n) is 3.35. The van der Waals surface area contributed by atoms with Gasteiger partial charge >= 0.3 is 0 Å². The molecule has 0 aromatic carbocycles. The summed E-state index contributed by atoms with van der Waals surface area (Å²) in [4.78, 5) is 25.1. The largest absolute Gasteiger partial charge is 0.341 e. The SMILES string of the molecule is CCCN1CC(NCc2cnc(N3CCCCC3)nc2)CC1=O. The van der Waals surface area contributed by atoms with Crippen LogP contribution in [-0.4, -0.2) is 53.0 Å². The molecule has 2 fully saturated rings. The molecule has 6 nitrogen and oxygen atoms in total. The fraction of sp³-hybridized carbons (Fsp3) is 0.706. The lowest BCUT2D eigenvalue weighted by atomic mass is 10.1. The highest BCUT2D eigenvalue weighted by molar-refractivity contribution is 5.79. The minimum Gasteiger partial charge on any atom is -0.341 e. The molecular formula is C17H27N5O. The summed E-state index contributed by atoms with van der Waals surface area (Å²) in [5.74, 6) is 1.11. The molecule has 1 atom stereocenters. The molecule has 3 rings (SSSR count). The minimum absolute atomic E-state index is 0.246. The summed E-state index contributed by atoms with van der Waals surface area (Å²) in [6.07, 6.45) is 9.22. The lowest BCUT2D eigenvalue weighted by Crippen LogP contribution is -2.33. The average Bonchev–Trinajstić information content (AvgIpc) is 2.95. The summed E-state index contributed by atoms with van der Waals surface area (Å²) in [6, 6.07) is 0.246. The minimum atomic E-state index is 0.246. The smallest absolute Gasteiger partial charge is 0.225 e. The number of carbonyl (C=O) groups is 1. The fourth-order valence-corrected chi connectivity index (χ4v) is 3.35. The van der Waals surface area contributed by atoms with Crippen LogP contribution >= 0.6 is 0 Å². The zero-order valence-corrected chi connectivity index (χ0v) is 14.0. The van der Waals surface area contributed by atoms with E-state index in [2.05, 4.69) is 27.1 Å². The number of hydrogen-bond donors (Lipinski definition) is 1. The Bertz CT molecular complexity index is 512. The van der Waals surface area contributed by atoms with Crippen LogP contribution in [0.2, 0.25) is 0 Å². The van der Waals surface area contributed by atoms with E-state index in [9.17, 15) is 4.79 Å². The van der Waals surface area contributed by atoms with Crippen molar-refractivity contribution in [3.63, 3.8) is 0 Å². The van der Waals surface area contributed by atoms with Gasteiger partial charge in [0.1, 0.15) is 0 Å². The monoisotopic (exact) mass is 317 g/mol. The van der Waals surface area contributed by atoms with E-state index < -0.39 is 0 Å². The van der Waals surface area contributed by atoms with E-state index in [-0.39, 0.29) is 11.9 Å². The molecule has 23 heavy (non-hydrogen) atoms. The van der Waals surface area contributed by atoms with Crippen LogP contribution < -0.4 is 10.2 Å². The molecule has 0 saturated carbocycles. The first-order chi connectivity index (χ1) is 11.3. The Hall–Kier alpha value is -1.69. The third kappa shape index (κ3) is 4.19. The molecule has 6 heteroatoms. The molecule has 126 valence electrons. The molecule has 1 unspecified atom stereocenters. The number of amides is 1. The van der Waals surface area contributed by atoms with Crippen molar-refractivity contribution in [3.05, 3.63) is 18.0 Å². The quantitative estimate of drug-likeness (QED) is 0.863. The first-order valence-corrected chi connectivity index (χ1v) is 8.83. The molecular weight excluding hydrogens is 290 g/mol. The number of piperidine rings is 1. The zero-order chi connectivity index (χ0) is 16.1. The zero-order valence-electron chi connectivity index (χ0n) is 14.0. The van der Waals surface area contributed by atoms with Crippen LogP contribution in [0.4, 0.5) is 5.95 Å². The topological polar surface area (TPSA) is 61.4 Å². The summed E-state index contributed by atoms with van der Waals surface area (Å²) in [7, 11) is 0. The van der Waals surface area contributed by atoms with Crippen molar-refractivity contribution in [2.75, 3.05) is 31.1 Å². The predicted octanol–water partition coefficient (Wildman–Crippen LogP) is 1.57. The summed E-state index contributed by atoms with van der Waals surface area (Å²) in [6.45, 7) is 6.64. The van der Waals surface area contributed by atoms with Gasteiger partial charge in [0.2, 0.25) is 11.9 Å². The number of likely N-dealkylation sites (tertiary alicyclic amines) is 1. The lowest BCUT2D eigenvalue weighted by molar-refractivity contribution is -0.127. The Kier molecular flexibility index (Phi) is 5.43. The second kappa shape index (κ2) is 7.73. The second-order valence-electron chi connectivity index (χ2n) is 6.56. The van der Waals surface area contributed by atoms with Crippen LogP contribution in [0.15, 0.2) is 12.4 Å². The highest BCUT2D eigenvalue weighted by atomic mass is 16.2. The standard InChI is InChI=1S/C17H27N5O/c1-2-6-22-13-15(9-16(22)23)18-10-14-11-19-17(20-12-14)21-7-4-3-5-8-21/h11-12,15,18H,2-10,13H2,1H3. The van der Waals surface area contributed by atoms with Gasteiger partial charge < -0.3 is 15.1 Å². The predicted molar refractivity (Wildman–Crippen MR) is 90.2 cm³/mol. The molecule has 3 heterocycles. The number of aromatic nitrogens is 2. The van der Waals surface area contributed by atoms with Gasteiger partial charge in [0.25, 0.3) is 0 Å². The van der Waals surface area contributed by atoms with E-state index in [1.165, 1.54) is 19.3 Å². The van der Waals surface area contributed by atoms with Crippen molar-refractivity contribution in [2.24, 2.45) is 0 Å². The molecule has 0 spiro atoms. The van der Waals surface area contributed by atoms with Crippen LogP contribution in [0.25, 0.3) is 0 Å². The van der Waals surface area contributed by atoms with Gasteiger partial charge in [-0.25, -0.2) is 9.97 Å². The van der Waals surface area contributed by atoms with E-state index in [1.807, 2.05) is 17.3 Å². The van der Waals surface area contributed by atoms with Gasteiger partial charge in [-0.2, -0.15) is 0 Å². The molecule has 0 aliphatic carbocycles. The number of rotatable bonds is 6. The summed E-state index contributed by atoms with van der Waals surface area (Å²) >= 11 is 0. The molecule has 2 saturated heterocycles. The van der Waals surface area contributed by atoms with Crippen molar-refractivity contribution in [1.29, 1.82) is 0 Å². The Morgan fingerprint density at radius 3 is 2.65 bits per heavy atom. The molecule has 0 radical (unpaired) electrons. The summed E-state index contributed by atoms with van der Waals surface area (Å²) in [5.41, 5.74) is 1.08. The molecule has 2 aliphatic rings. The maximum atomic E-state index is 11.9. The van der Waals surface area contributed by atoms with E-state index in [4.69, 9.17) is 0 Å². The maximum absolute atomic E-state index is 11.9. The normalized spacial score (nSPS) is 22.0. The van der Waals surface area contributed by atoms with Gasteiger partial charge in [-0.15, -0.1) is 0 Å². The Morgan fingerprint density at radius 2 is 1.96 bits per heavy atom. The van der Waals surface area contributed by atoms with E-state index in [0.29, 0.717) is 6.42 Å². The number of anilines is 1. The first kappa shape index (κ1) is 16.2. The molecule has 1 amide bonds. The highest BCUT2D eigenvalue weighted by Crippen LogP contribution is 2.15. The van der Waals surface area contributed by atoms with Crippen molar-refractivity contribution < 1.29 is 4.79 Å². The van der Waals surface area contributed by atoms with E-state index >= 15 is 0 Å². The number of nitrogens with zero attached hydrogens (tertiary/aromatic N) is 4. The van der Waals surface area contributed by atoms with Gasteiger partial charge in [-0.05, 0) is 25.7 Å². The Morgan fingerprint density at radius 1 is 1.22 bits per heavy atom.